The van der Waals surface area contributed by atoms with Crippen molar-refractivity contribution in [2.75, 3.05) is 0 Å². The van der Waals surface area contributed by atoms with Crippen molar-refractivity contribution in [1.29, 1.82) is 0 Å². The predicted octanol–water partition coefficient (Wildman–Crippen LogP) is 5.51. The van der Waals surface area contributed by atoms with Gasteiger partial charge in [-0.1, -0.05) is 62.8 Å². The Hall–Kier alpha value is -0.520. The minimum atomic E-state index is 0.812. The van der Waals surface area contributed by atoms with Crippen LogP contribution in [0.2, 0.25) is 0 Å². The normalized spacial score (nSPS) is 20.9. The van der Waals surface area contributed by atoms with Crippen LogP contribution < -0.4 is 0 Å². The minimum Gasteiger partial charge on any atom is -0.0808 e. The fourth-order valence-electron chi connectivity index (χ4n) is 2.83. The van der Waals surface area contributed by atoms with Crippen molar-refractivity contribution in [2.24, 2.45) is 11.8 Å². The van der Waals surface area contributed by atoms with Crippen LogP contribution in [0.1, 0.15) is 66.2 Å². The van der Waals surface area contributed by atoms with E-state index in [-0.39, 0.29) is 0 Å². The van der Waals surface area contributed by atoms with Gasteiger partial charge >= 0.3 is 0 Å². The Balaban J connectivity index is 2.47. The van der Waals surface area contributed by atoms with Crippen LogP contribution in [0.5, 0.6) is 0 Å². The zero-order chi connectivity index (χ0) is 12.0. The Morgan fingerprint density at radius 3 is 2.25 bits per heavy atom. The summed E-state index contributed by atoms with van der Waals surface area (Å²) in [6.07, 6.45) is 13.1. The van der Waals surface area contributed by atoms with Crippen LogP contribution in [-0.2, 0) is 0 Å². The van der Waals surface area contributed by atoms with Crippen molar-refractivity contribution >= 4 is 0 Å². The molecule has 0 spiro atoms. The van der Waals surface area contributed by atoms with Gasteiger partial charge in [0.15, 0.2) is 0 Å². The fraction of sp³-hybridized carbons (Fsp3) is 0.750. The van der Waals surface area contributed by atoms with Gasteiger partial charge in [-0.2, -0.15) is 0 Å². The summed E-state index contributed by atoms with van der Waals surface area (Å²) in [6.45, 7) is 9.12. The maximum absolute atomic E-state index is 2.51. The van der Waals surface area contributed by atoms with Gasteiger partial charge in [0.25, 0.3) is 0 Å². The van der Waals surface area contributed by atoms with Gasteiger partial charge in [-0.25, -0.2) is 0 Å². The topological polar surface area (TPSA) is 0 Å². The molecule has 0 nitrogen and oxygen atoms in total. The van der Waals surface area contributed by atoms with Crippen LogP contribution >= 0.6 is 0 Å². The highest BCUT2D eigenvalue weighted by Crippen LogP contribution is 2.30. The Morgan fingerprint density at radius 1 is 1.12 bits per heavy atom. The van der Waals surface area contributed by atoms with E-state index >= 15 is 0 Å². The average Bonchev–Trinajstić information content (AvgIpc) is 2.24. The zero-order valence-corrected chi connectivity index (χ0v) is 11.6. The van der Waals surface area contributed by atoms with Crippen LogP contribution in [0, 0.1) is 11.8 Å². The lowest BCUT2D eigenvalue weighted by Crippen LogP contribution is -2.10. The van der Waals surface area contributed by atoms with Crippen molar-refractivity contribution in [3.63, 3.8) is 0 Å². The van der Waals surface area contributed by atoms with Gasteiger partial charge in [-0.15, -0.1) is 0 Å². The van der Waals surface area contributed by atoms with E-state index < -0.39 is 0 Å². The summed E-state index contributed by atoms with van der Waals surface area (Å²) in [5.41, 5.74) is 2.99. The maximum atomic E-state index is 2.51. The molecule has 0 radical (unpaired) electrons. The number of hydrogen-bond donors (Lipinski definition) is 0. The Kier molecular flexibility index (Phi) is 5.87. The van der Waals surface area contributed by atoms with Crippen LogP contribution in [0.15, 0.2) is 23.3 Å². The van der Waals surface area contributed by atoms with E-state index in [1.165, 1.54) is 49.7 Å². The van der Waals surface area contributed by atoms with Crippen LogP contribution in [0.4, 0.5) is 0 Å². The second kappa shape index (κ2) is 6.93. The van der Waals surface area contributed by atoms with Gasteiger partial charge < -0.3 is 0 Å². The quantitative estimate of drug-likeness (QED) is 0.554. The van der Waals surface area contributed by atoms with Gasteiger partial charge in [0, 0.05) is 0 Å². The predicted molar refractivity (Wildman–Crippen MR) is 73.5 cm³/mol. The molecule has 0 fully saturated rings. The number of rotatable bonds is 6. The van der Waals surface area contributed by atoms with Crippen molar-refractivity contribution in [3.05, 3.63) is 23.3 Å². The molecule has 0 bridgehead atoms. The molecule has 0 aromatic heterocycles. The monoisotopic (exact) mass is 220 g/mol. The minimum absolute atomic E-state index is 0.812. The number of hydrogen-bond acceptors (Lipinski definition) is 0. The summed E-state index contributed by atoms with van der Waals surface area (Å²) in [6, 6.07) is 0. The first kappa shape index (κ1) is 13.5. The first-order valence-corrected chi connectivity index (χ1v) is 7.02. The van der Waals surface area contributed by atoms with Crippen molar-refractivity contribution in [2.45, 2.75) is 66.2 Å². The van der Waals surface area contributed by atoms with Crippen molar-refractivity contribution < 1.29 is 0 Å². The molecule has 1 atom stereocenters. The third-order valence-corrected chi connectivity index (χ3v) is 3.86. The molecule has 1 aliphatic rings. The first-order valence-electron chi connectivity index (χ1n) is 7.02. The Bertz CT molecular complexity index is 251. The number of allylic oxidation sites excluding steroid dienone is 4. The molecule has 0 aromatic rings. The highest BCUT2D eigenvalue weighted by atomic mass is 14.2. The molecule has 0 heterocycles. The third-order valence-electron chi connectivity index (χ3n) is 3.86. The SMILES string of the molecule is CCCC(CCC)CC1C=C(C)C(C)=CC1. The molecule has 92 valence electrons. The molecule has 0 aliphatic heterocycles. The first-order chi connectivity index (χ1) is 7.67. The van der Waals surface area contributed by atoms with E-state index in [2.05, 4.69) is 39.8 Å². The van der Waals surface area contributed by atoms with Crippen LogP contribution in [0.3, 0.4) is 0 Å². The lowest BCUT2D eigenvalue weighted by Gasteiger charge is -2.23. The van der Waals surface area contributed by atoms with E-state index in [1.807, 2.05) is 0 Å². The highest BCUT2D eigenvalue weighted by molar-refractivity contribution is 5.30. The van der Waals surface area contributed by atoms with Crippen molar-refractivity contribution in [3.8, 4) is 0 Å². The van der Waals surface area contributed by atoms with Gasteiger partial charge in [-0.3, -0.25) is 0 Å². The highest BCUT2D eigenvalue weighted by Gasteiger charge is 2.16. The molecule has 0 aromatic carbocycles. The summed E-state index contributed by atoms with van der Waals surface area (Å²) in [4.78, 5) is 0. The molecule has 0 saturated carbocycles. The van der Waals surface area contributed by atoms with E-state index in [1.54, 1.807) is 0 Å². The van der Waals surface area contributed by atoms with Crippen molar-refractivity contribution in [1.82, 2.24) is 0 Å². The molecular formula is C16H28. The second-order valence-corrected chi connectivity index (χ2v) is 5.41. The summed E-state index contributed by atoms with van der Waals surface area (Å²) in [5.74, 6) is 1.77. The smallest absolute Gasteiger partial charge is 0.0190 e. The maximum Gasteiger partial charge on any atom is -0.0190 e. The average molecular weight is 220 g/mol. The summed E-state index contributed by atoms with van der Waals surface area (Å²) < 4.78 is 0. The van der Waals surface area contributed by atoms with Gasteiger partial charge in [0.2, 0.25) is 0 Å². The summed E-state index contributed by atoms with van der Waals surface area (Å²) in [7, 11) is 0. The largest absolute Gasteiger partial charge is 0.0808 e. The molecular weight excluding hydrogens is 192 g/mol. The molecule has 1 aliphatic carbocycles. The molecule has 0 amide bonds. The molecule has 1 rings (SSSR count). The van der Waals surface area contributed by atoms with Gasteiger partial charge in [0.1, 0.15) is 0 Å². The lowest BCUT2D eigenvalue weighted by molar-refractivity contribution is 0.362. The molecule has 0 saturated heterocycles. The van der Waals surface area contributed by atoms with E-state index in [9.17, 15) is 0 Å². The summed E-state index contributed by atoms with van der Waals surface area (Å²) >= 11 is 0. The van der Waals surface area contributed by atoms with Gasteiger partial charge in [0.05, 0.1) is 0 Å². The van der Waals surface area contributed by atoms with E-state index in [4.69, 9.17) is 0 Å². The van der Waals surface area contributed by atoms with E-state index in [0.29, 0.717) is 0 Å². The second-order valence-electron chi connectivity index (χ2n) is 5.41. The standard InChI is InChI=1S/C16H28/c1-5-7-15(8-6-2)12-16-10-9-13(3)14(4)11-16/h9,11,15-16H,5-8,10,12H2,1-4H3. The molecule has 0 N–H and O–H groups in total. The molecule has 1 unspecified atom stereocenters. The lowest BCUT2D eigenvalue weighted by atomic mass is 9.82. The van der Waals surface area contributed by atoms with Crippen LogP contribution in [-0.4, -0.2) is 0 Å². The zero-order valence-electron chi connectivity index (χ0n) is 11.6. The van der Waals surface area contributed by atoms with Crippen LogP contribution in [0.25, 0.3) is 0 Å². The Morgan fingerprint density at radius 2 is 1.75 bits per heavy atom. The molecule has 16 heavy (non-hydrogen) atoms. The third kappa shape index (κ3) is 4.15. The fourth-order valence-corrected chi connectivity index (χ4v) is 2.83. The van der Waals surface area contributed by atoms with Gasteiger partial charge in [-0.05, 0) is 38.5 Å². The Labute approximate surface area is 102 Å². The summed E-state index contributed by atoms with van der Waals surface area (Å²) in [5, 5.41) is 0. The molecule has 0 heteroatoms. The van der Waals surface area contributed by atoms with E-state index in [0.717, 1.165) is 11.8 Å².